The van der Waals surface area contributed by atoms with Gasteiger partial charge in [0.2, 0.25) is 11.3 Å². The third-order valence-corrected chi connectivity index (χ3v) is 5.90. The van der Waals surface area contributed by atoms with Crippen molar-refractivity contribution in [3.63, 3.8) is 0 Å². The number of rotatable bonds is 5. The summed E-state index contributed by atoms with van der Waals surface area (Å²) >= 11 is 0. The topological polar surface area (TPSA) is 60.8 Å². The molecule has 0 aliphatic carbocycles. The van der Waals surface area contributed by atoms with Crippen LogP contribution in [0.5, 0.6) is 11.5 Å². The largest absolute Gasteiger partial charge is 0.496 e. The first kappa shape index (κ1) is 20.0. The summed E-state index contributed by atoms with van der Waals surface area (Å²) in [5, 5.41) is 2.17. The Balaban J connectivity index is 1.66. The van der Waals surface area contributed by atoms with Crippen molar-refractivity contribution in [3.8, 4) is 11.5 Å². The highest BCUT2D eigenvalue weighted by Gasteiger charge is 2.31. The molecule has 1 fully saturated rings. The highest BCUT2D eigenvalue weighted by Crippen LogP contribution is 2.38. The van der Waals surface area contributed by atoms with Crippen molar-refractivity contribution in [2.75, 3.05) is 20.8 Å². The van der Waals surface area contributed by atoms with E-state index < -0.39 is 0 Å². The van der Waals surface area contributed by atoms with Gasteiger partial charge in [-0.3, -0.25) is 9.59 Å². The molecule has 4 rings (SSSR count). The Morgan fingerprint density at radius 3 is 2.53 bits per heavy atom. The molecule has 3 aromatic rings. The van der Waals surface area contributed by atoms with Crippen molar-refractivity contribution in [2.24, 2.45) is 0 Å². The number of pyridine rings is 1. The van der Waals surface area contributed by atoms with Crippen LogP contribution in [0.1, 0.15) is 30.1 Å². The lowest BCUT2D eigenvalue weighted by molar-refractivity contribution is -0.132. The average Bonchev–Trinajstić information content (AvgIpc) is 3.24. The third-order valence-electron chi connectivity index (χ3n) is 5.90. The molecule has 2 aromatic carbocycles. The first-order chi connectivity index (χ1) is 14.5. The molecule has 1 aromatic heterocycles. The van der Waals surface area contributed by atoms with E-state index in [4.69, 9.17) is 9.47 Å². The minimum absolute atomic E-state index is 0.0230. The summed E-state index contributed by atoms with van der Waals surface area (Å²) in [5.41, 5.74) is 1.70. The van der Waals surface area contributed by atoms with Crippen LogP contribution >= 0.6 is 0 Å². The van der Waals surface area contributed by atoms with E-state index in [0.717, 1.165) is 47.2 Å². The van der Waals surface area contributed by atoms with Crippen LogP contribution in [0.2, 0.25) is 0 Å². The minimum Gasteiger partial charge on any atom is -0.496 e. The summed E-state index contributed by atoms with van der Waals surface area (Å²) in [5.74, 6) is 1.11. The van der Waals surface area contributed by atoms with Crippen LogP contribution in [-0.2, 0) is 11.3 Å². The van der Waals surface area contributed by atoms with Crippen molar-refractivity contribution in [3.05, 3.63) is 70.1 Å². The van der Waals surface area contributed by atoms with Gasteiger partial charge in [0.15, 0.2) is 5.75 Å². The quantitative estimate of drug-likeness (QED) is 0.648. The maximum Gasteiger partial charge on any atom is 0.243 e. The number of likely N-dealkylation sites (tertiary alicyclic amines) is 1. The molecule has 0 bridgehead atoms. The molecule has 0 unspecified atom stereocenters. The van der Waals surface area contributed by atoms with Crippen LogP contribution in [0.3, 0.4) is 0 Å². The van der Waals surface area contributed by atoms with E-state index in [0.29, 0.717) is 0 Å². The first-order valence-corrected chi connectivity index (χ1v) is 10.1. The Kier molecular flexibility index (Phi) is 5.48. The van der Waals surface area contributed by atoms with Crippen molar-refractivity contribution in [2.45, 2.75) is 32.4 Å². The van der Waals surface area contributed by atoms with E-state index in [2.05, 4.69) is 18.2 Å². The van der Waals surface area contributed by atoms with E-state index in [1.54, 1.807) is 17.9 Å². The van der Waals surface area contributed by atoms with Crippen LogP contribution in [0.4, 0.5) is 0 Å². The summed E-state index contributed by atoms with van der Waals surface area (Å²) in [4.78, 5) is 27.1. The maximum absolute atomic E-state index is 13.3. The number of benzene rings is 2. The number of carbonyl (C=O) groups excluding carboxylic acids is 1. The fraction of sp³-hybridized carbons (Fsp3) is 0.333. The number of fused-ring (bicyclic) bond motifs is 1. The maximum atomic E-state index is 13.3. The van der Waals surface area contributed by atoms with Crippen LogP contribution in [0, 0.1) is 6.92 Å². The number of carbonyl (C=O) groups is 1. The second-order valence-electron chi connectivity index (χ2n) is 7.62. The Bertz CT molecular complexity index is 1150. The fourth-order valence-electron chi connectivity index (χ4n) is 4.36. The third kappa shape index (κ3) is 3.54. The van der Waals surface area contributed by atoms with Gasteiger partial charge in [0.1, 0.15) is 12.3 Å². The highest BCUT2D eigenvalue weighted by molar-refractivity contribution is 5.92. The van der Waals surface area contributed by atoms with Crippen molar-refractivity contribution in [1.29, 1.82) is 0 Å². The number of aromatic nitrogens is 1. The minimum atomic E-state index is -0.178. The smallest absolute Gasteiger partial charge is 0.243 e. The number of hydrogen-bond acceptors (Lipinski definition) is 4. The lowest BCUT2D eigenvalue weighted by Gasteiger charge is -2.27. The molecule has 30 heavy (non-hydrogen) atoms. The molecule has 1 atom stereocenters. The van der Waals surface area contributed by atoms with Gasteiger partial charge in [-0.2, -0.15) is 0 Å². The summed E-state index contributed by atoms with van der Waals surface area (Å²) in [6.07, 6.45) is 3.50. The lowest BCUT2D eigenvalue weighted by Crippen LogP contribution is -2.34. The molecule has 6 nitrogen and oxygen atoms in total. The zero-order valence-corrected chi connectivity index (χ0v) is 17.6. The standard InChI is InChI=1S/C24H26N2O4/c1-16-13-21(27)23(30-3)14-25(16)15-24(28)26-12-6-9-20(26)18-10-11-22(29-2)19-8-5-4-7-17(18)19/h4-5,7-8,10-11,13-14,20H,6,9,12,15H2,1-3H3/t20-/m1/s1. The van der Waals surface area contributed by atoms with E-state index in [-0.39, 0.29) is 29.7 Å². The summed E-state index contributed by atoms with van der Waals surface area (Å²) < 4.78 is 12.4. The first-order valence-electron chi connectivity index (χ1n) is 10.1. The zero-order chi connectivity index (χ0) is 21.3. The molecule has 1 amide bonds. The average molecular weight is 406 g/mol. The summed E-state index contributed by atoms with van der Waals surface area (Å²) in [7, 11) is 3.14. The van der Waals surface area contributed by atoms with Gasteiger partial charge in [-0.05, 0) is 36.8 Å². The Morgan fingerprint density at radius 1 is 1.07 bits per heavy atom. The number of nitrogens with zero attached hydrogens (tertiary/aromatic N) is 2. The lowest BCUT2D eigenvalue weighted by atomic mass is 9.96. The van der Waals surface area contributed by atoms with Gasteiger partial charge >= 0.3 is 0 Å². The predicted molar refractivity (Wildman–Crippen MR) is 116 cm³/mol. The monoisotopic (exact) mass is 406 g/mol. The van der Waals surface area contributed by atoms with Gasteiger partial charge in [0.25, 0.3) is 0 Å². The molecule has 1 aliphatic heterocycles. The van der Waals surface area contributed by atoms with E-state index in [9.17, 15) is 9.59 Å². The van der Waals surface area contributed by atoms with Crippen molar-refractivity contribution in [1.82, 2.24) is 9.47 Å². The van der Waals surface area contributed by atoms with Gasteiger partial charge in [0, 0.05) is 23.7 Å². The summed E-state index contributed by atoms with van der Waals surface area (Å²) in [6.45, 7) is 2.72. The number of aryl methyl sites for hydroxylation is 1. The fourth-order valence-corrected chi connectivity index (χ4v) is 4.36. The van der Waals surface area contributed by atoms with Crippen LogP contribution in [0.25, 0.3) is 10.8 Å². The SMILES string of the molecule is COc1cn(CC(=O)N2CCC[C@@H]2c2ccc(OC)c3ccccc23)c(C)cc1=O. The van der Waals surface area contributed by atoms with Gasteiger partial charge in [-0.1, -0.05) is 30.3 Å². The second-order valence-corrected chi connectivity index (χ2v) is 7.62. The molecule has 0 N–H and O–H groups in total. The molecule has 156 valence electrons. The number of hydrogen-bond donors (Lipinski definition) is 0. The van der Waals surface area contributed by atoms with Crippen molar-refractivity contribution < 1.29 is 14.3 Å². The van der Waals surface area contributed by atoms with Crippen LogP contribution in [0.15, 0.2) is 53.5 Å². The summed E-state index contributed by atoms with van der Waals surface area (Å²) in [6, 6.07) is 13.7. The van der Waals surface area contributed by atoms with Crippen LogP contribution in [-0.4, -0.2) is 36.1 Å². The van der Waals surface area contributed by atoms with E-state index in [1.165, 1.54) is 13.2 Å². The predicted octanol–water partition coefficient (Wildman–Crippen LogP) is 3.69. The number of methoxy groups -OCH3 is 2. The van der Waals surface area contributed by atoms with E-state index in [1.807, 2.05) is 30.0 Å². The molecular formula is C24H26N2O4. The van der Waals surface area contributed by atoms with Gasteiger partial charge in [-0.25, -0.2) is 0 Å². The number of ether oxygens (including phenoxy) is 2. The number of amides is 1. The molecule has 1 aliphatic rings. The zero-order valence-electron chi connectivity index (χ0n) is 17.6. The highest BCUT2D eigenvalue weighted by atomic mass is 16.5. The molecule has 2 heterocycles. The normalized spacial score (nSPS) is 16.1. The molecule has 1 saturated heterocycles. The molecular weight excluding hydrogens is 380 g/mol. The molecule has 6 heteroatoms. The van der Waals surface area contributed by atoms with Gasteiger partial charge in [0.05, 0.1) is 26.5 Å². The second kappa shape index (κ2) is 8.22. The molecule has 0 radical (unpaired) electrons. The Hall–Kier alpha value is -3.28. The van der Waals surface area contributed by atoms with Crippen LogP contribution < -0.4 is 14.9 Å². The van der Waals surface area contributed by atoms with E-state index >= 15 is 0 Å². The molecule has 0 saturated carbocycles. The van der Waals surface area contributed by atoms with Gasteiger partial charge < -0.3 is 18.9 Å². The molecule has 0 spiro atoms. The Morgan fingerprint density at radius 2 is 1.80 bits per heavy atom. The van der Waals surface area contributed by atoms with Gasteiger partial charge in [-0.15, -0.1) is 0 Å². The van der Waals surface area contributed by atoms with Crippen molar-refractivity contribution >= 4 is 16.7 Å². The Labute approximate surface area is 175 Å².